The van der Waals surface area contributed by atoms with Gasteiger partial charge in [0, 0.05) is 12.2 Å². The van der Waals surface area contributed by atoms with Gasteiger partial charge in [0.05, 0.1) is 0 Å². The Morgan fingerprint density at radius 2 is 2.00 bits per heavy atom. The molecule has 0 saturated carbocycles. The molecule has 9 heteroatoms. The van der Waals surface area contributed by atoms with Gasteiger partial charge in [-0.25, -0.2) is 9.59 Å². The smallest absolute Gasteiger partial charge is 0.422 e. The van der Waals surface area contributed by atoms with Gasteiger partial charge in [-0.2, -0.15) is 11.8 Å². The molecular weight excluding hydrogens is 338 g/mol. The highest BCUT2D eigenvalue weighted by atomic mass is 32.2. The second kappa shape index (κ2) is 8.55. The van der Waals surface area contributed by atoms with Crippen LogP contribution in [0, 0.1) is 0 Å². The zero-order valence-electron chi connectivity index (χ0n) is 13.3. The maximum Gasteiger partial charge on any atom is 0.422 e. The van der Waals surface area contributed by atoms with E-state index in [9.17, 15) is 19.5 Å². The van der Waals surface area contributed by atoms with Crippen LogP contribution in [0.3, 0.4) is 0 Å². The van der Waals surface area contributed by atoms with E-state index in [-0.39, 0.29) is 18.8 Å². The first-order chi connectivity index (χ1) is 11.2. The summed E-state index contributed by atoms with van der Waals surface area (Å²) < 4.78 is 9.56. The maximum atomic E-state index is 12.0. The van der Waals surface area contributed by atoms with Gasteiger partial charge in [-0.15, -0.1) is 0 Å². The summed E-state index contributed by atoms with van der Waals surface area (Å²) in [6.45, 7) is 1.76. The Morgan fingerprint density at radius 3 is 2.54 bits per heavy atom. The summed E-state index contributed by atoms with van der Waals surface area (Å²) in [6.07, 6.45) is 1.96. The molecule has 0 radical (unpaired) electrons. The van der Waals surface area contributed by atoms with Crippen LogP contribution in [0.5, 0.6) is 11.5 Å². The standard InChI is InChI=1S/C15H19NO7S/c1-15(16,14(21)22-5-6-24-2)8-9-3-4-11(10(17)7-9)23-13(20)12(18)19/h3-4,7,17H,5-6,8,16H2,1-2H3,(H,18,19)/t15-/m0/s1. The van der Waals surface area contributed by atoms with E-state index < -0.39 is 29.2 Å². The number of esters is 2. The number of benzene rings is 1. The molecule has 24 heavy (non-hydrogen) atoms. The van der Waals surface area contributed by atoms with Crippen molar-refractivity contribution in [3.05, 3.63) is 23.8 Å². The van der Waals surface area contributed by atoms with Crippen LogP contribution in [0.15, 0.2) is 18.2 Å². The quantitative estimate of drug-likeness (QED) is 0.276. The molecule has 0 unspecified atom stereocenters. The molecule has 0 saturated heterocycles. The summed E-state index contributed by atoms with van der Waals surface area (Å²) in [7, 11) is 0. The summed E-state index contributed by atoms with van der Waals surface area (Å²) in [5, 5.41) is 18.3. The highest BCUT2D eigenvalue weighted by molar-refractivity contribution is 7.98. The molecule has 8 nitrogen and oxygen atoms in total. The van der Waals surface area contributed by atoms with E-state index >= 15 is 0 Å². The molecule has 0 aliphatic heterocycles. The van der Waals surface area contributed by atoms with E-state index in [2.05, 4.69) is 4.74 Å². The Morgan fingerprint density at radius 1 is 1.33 bits per heavy atom. The number of thioether (sulfide) groups is 1. The van der Waals surface area contributed by atoms with Gasteiger partial charge in [0.1, 0.15) is 12.1 Å². The highest BCUT2D eigenvalue weighted by Crippen LogP contribution is 2.28. The molecule has 0 bridgehead atoms. The Bertz CT molecular complexity index is 630. The molecule has 1 aromatic carbocycles. The maximum absolute atomic E-state index is 12.0. The van der Waals surface area contributed by atoms with Crippen LogP contribution >= 0.6 is 11.8 Å². The van der Waals surface area contributed by atoms with Crippen LogP contribution < -0.4 is 10.5 Å². The summed E-state index contributed by atoms with van der Waals surface area (Å²) in [5.74, 6) is -3.94. The van der Waals surface area contributed by atoms with Gasteiger partial charge in [0.15, 0.2) is 11.5 Å². The lowest BCUT2D eigenvalue weighted by Crippen LogP contribution is -2.48. The van der Waals surface area contributed by atoms with Crippen LogP contribution in [-0.4, -0.2) is 52.3 Å². The molecule has 0 amide bonds. The number of nitrogens with two attached hydrogens (primary N) is 1. The SMILES string of the molecule is CSCCOC(=O)[C@@](C)(N)Cc1ccc(OC(=O)C(=O)O)c(O)c1. The lowest BCUT2D eigenvalue weighted by atomic mass is 9.94. The Kier molecular flexibility index (Phi) is 7.05. The van der Waals surface area contributed by atoms with E-state index in [4.69, 9.17) is 15.6 Å². The lowest BCUT2D eigenvalue weighted by molar-refractivity contribution is -0.158. The second-order valence-electron chi connectivity index (χ2n) is 5.22. The minimum atomic E-state index is -1.78. The van der Waals surface area contributed by atoms with Crippen molar-refractivity contribution in [1.29, 1.82) is 0 Å². The van der Waals surface area contributed by atoms with Crippen molar-refractivity contribution >= 4 is 29.7 Å². The fourth-order valence-electron chi connectivity index (χ4n) is 1.78. The Balaban J connectivity index is 2.77. The first-order valence-corrected chi connectivity index (χ1v) is 8.29. The largest absolute Gasteiger partial charge is 0.504 e. The van der Waals surface area contributed by atoms with Crippen LogP contribution in [0.4, 0.5) is 0 Å². The number of carboxylic acid groups (broad SMARTS) is 1. The molecule has 1 aromatic rings. The van der Waals surface area contributed by atoms with E-state index in [1.54, 1.807) is 0 Å². The lowest BCUT2D eigenvalue weighted by Gasteiger charge is -2.22. The molecule has 0 spiro atoms. The van der Waals surface area contributed by atoms with Gasteiger partial charge in [-0.3, -0.25) is 4.79 Å². The van der Waals surface area contributed by atoms with Gasteiger partial charge in [0.2, 0.25) is 0 Å². The predicted octanol–water partition coefficient (Wildman–Crippen LogP) is 0.548. The zero-order chi connectivity index (χ0) is 18.3. The van der Waals surface area contributed by atoms with Crippen LogP contribution in [0.2, 0.25) is 0 Å². The van der Waals surface area contributed by atoms with Crippen molar-refractivity contribution in [2.45, 2.75) is 18.9 Å². The predicted molar refractivity (Wildman–Crippen MR) is 87.0 cm³/mol. The molecule has 1 rings (SSSR count). The molecule has 0 aliphatic rings. The van der Waals surface area contributed by atoms with E-state index in [0.717, 1.165) is 0 Å². The zero-order valence-corrected chi connectivity index (χ0v) is 14.1. The second-order valence-corrected chi connectivity index (χ2v) is 6.21. The van der Waals surface area contributed by atoms with Crippen LogP contribution in [-0.2, 0) is 25.5 Å². The number of carboxylic acids is 1. The fourth-order valence-corrected chi connectivity index (χ4v) is 2.03. The van der Waals surface area contributed by atoms with Crippen molar-refractivity contribution < 1.29 is 34.1 Å². The van der Waals surface area contributed by atoms with E-state index in [0.29, 0.717) is 11.3 Å². The first-order valence-electron chi connectivity index (χ1n) is 6.89. The number of hydrogen-bond acceptors (Lipinski definition) is 8. The van der Waals surface area contributed by atoms with E-state index in [1.807, 2.05) is 6.26 Å². The Hall–Kier alpha value is -2.26. The number of aliphatic carboxylic acids is 1. The normalized spacial score (nSPS) is 13.0. The van der Waals surface area contributed by atoms with Crippen molar-refractivity contribution in [3.8, 4) is 11.5 Å². The number of aromatic hydroxyl groups is 1. The van der Waals surface area contributed by atoms with Crippen molar-refractivity contribution in [3.63, 3.8) is 0 Å². The van der Waals surface area contributed by atoms with Crippen LogP contribution in [0.25, 0.3) is 0 Å². The van der Waals surface area contributed by atoms with Crippen LogP contribution in [0.1, 0.15) is 12.5 Å². The number of carbonyl (C=O) groups is 3. The average Bonchev–Trinajstić information content (AvgIpc) is 2.49. The first kappa shape index (κ1) is 19.8. The molecule has 1 atom stereocenters. The average molecular weight is 357 g/mol. The van der Waals surface area contributed by atoms with Gasteiger partial charge in [-0.1, -0.05) is 6.07 Å². The summed E-state index contributed by atoms with van der Waals surface area (Å²) >= 11 is 1.53. The molecule has 0 heterocycles. The highest BCUT2D eigenvalue weighted by Gasteiger charge is 2.30. The summed E-state index contributed by atoms with van der Waals surface area (Å²) in [5.41, 5.74) is 5.15. The third kappa shape index (κ3) is 5.74. The number of ether oxygens (including phenoxy) is 2. The molecule has 0 aliphatic carbocycles. The number of carbonyl (C=O) groups excluding carboxylic acids is 2. The topological polar surface area (TPSA) is 136 Å². The summed E-state index contributed by atoms with van der Waals surface area (Å²) in [4.78, 5) is 33.4. The number of phenolic OH excluding ortho intramolecular Hbond substituents is 1. The Labute approximate surface area is 142 Å². The van der Waals surface area contributed by atoms with Gasteiger partial charge < -0.3 is 25.4 Å². The van der Waals surface area contributed by atoms with E-state index in [1.165, 1.54) is 36.9 Å². The molecular formula is C15H19NO7S. The fraction of sp³-hybridized carbons (Fsp3) is 0.400. The number of phenols is 1. The minimum Gasteiger partial charge on any atom is -0.504 e. The van der Waals surface area contributed by atoms with Gasteiger partial charge in [0.25, 0.3) is 0 Å². The third-order valence-electron chi connectivity index (χ3n) is 2.96. The summed E-state index contributed by atoms with van der Waals surface area (Å²) in [6, 6.07) is 3.93. The third-order valence-corrected chi connectivity index (χ3v) is 3.53. The van der Waals surface area contributed by atoms with Crippen molar-refractivity contribution in [1.82, 2.24) is 0 Å². The number of rotatable bonds is 7. The van der Waals surface area contributed by atoms with Gasteiger partial charge >= 0.3 is 17.9 Å². The molecule has 0 aromatic heterocycles. The van der Waals surface area contributed by atoms with Crippen molar-refractivity contribution in [2.75, 3.05) is 18.6 Å². The molecule has 4 N–H and O–H groups in total. The minimum absolute atomic E-state index is 0.0752. The van der Waals surface area contributed by atoms with Crippen molar-refractivity contribution in [2.24, 2.45) is 5.73 Å². The van der Waals surface area contributed by atoms with Gasteiger partial charge in [-0.05, 0) is 30.9 Å². The number of hydrogen-bond donors (Lipinski definition) is 3. The molecule has 0 fully saturated rings. The molecule has 132 valence electrons. The monoisotopic (exact) mass is 357 g/mol.